The van der Waals surface area contributed by atoms with E-state index in [9.17, 15) is 28.8 Å². The first-order chi connectivity index (χ1) is 22.5. The van der Waals surface area contributed by atoms with Crippen molar-refractivity contribution < 1.29 is 43.0 Å². The normalized spacial score (nSPS) is 16.0. The summed E-state index contributed by atoms with van der Waals surface area (Å²) in [5.74, 6) is -2.14. The van der Waals surface area contributed by atoms with Gasteiger partial charge in [-0.3, -0.25) is 14.4 Å². The Morgan fingerprint density at radius 3 is 2.32 bits per heavy atom. The third-order valence-electron chi connectivity index (χ3n) is 7.32. The highest BCUT2D eigenvalue weighted by atomic mass is 16.5. The number of ether oxygens (including phenoxy) is 3. The van der Waals surface area contributed by atoms with Gasteiger partial charge in [0.05, 0.1) is 13.7 Å². The Bertz CT molecular complexity index is 1210. The van der Waals surface area contributed by atoms with Crippen molar-refractivity contribution in [2.75, 3.05) is 26.8 Å². The fourth-order valence-corrected chi connectivity index (χ4v) is 4.92. The Morgan fingerprint density at radius 1 is 0.957 bits per heavy atom. The molecule has 2 rings (SSSR count). The van der Waals surface area contributed by atoms with E-state index in [1.165, 1.54) is 19.3 Å². The maximum absolute atomic E-state index is 13.6. The lowest BCUT2D eigenvalue weighted by Gasteiger charge is -2.26. The number of benzene rings is 1. The molecule has 0 saturated carbocycles. The van der Waals surface area contributed by atoms with Crippen molar-refractivity contribution in [1.82, 2.24) is 26.6 Å². The Labute approximate surface area is 276 Å². The molecule has 0 aromatic heterocycles. The summed E-state index contributed by atoms with van der Waals surface area (Å²) in [6.45, 7) is 6.50. The van der Waals surface area contributed by atoms with Crippen molar-refractivity contribution in [2.45, 2.75) is 84.0 Å². The smallest absolute Gasteiger partial charge is 0.408 e. The molecular weight excluding hydrogens is 610 g/mol. The SMILES string of the molecule is CCOC(=O)/C=C/[C@H](C[C@@H]1CCNC1=O)NC(=O)[C@@H](CC(C)C)NC(=O)[C@@H](CCCCNC(=O)OC)NC(=O)OCc1ccccc1. The van der Waals surface area contributed by atoms with Crippen LogP contribution >= 0.6 is 0 Å². The quantitative estimate of drug-likeness (QED) is 0.0643. The van der Waals surface area contributed by atoms with Crippen LogP contribution < -0.4 is 26.6 Å². The third-order valence-corrected chi connectivity index (χ3v) is 7.32. The van der Waals surface area contributed by atoms with Gasteiger partial charge in [-0.05, 0) is 56.9 Å². The molecule has 0 aliphatic carbocycles. The number of carbonyl (C=O) groups excluding carboxylic acids is 6. The van der Waals surface area contributed by atoms with E-state index in [2.05, 4.69) is 31.3 Å². The largest absolute Gasteiger partial charge is 0.463 e. The van der Waals surface area contributed by atoms with Crippen molar-refractivity contribution in [1.29, 1.82) is 0 Å². The molecule has 14 nitrogen and oxygen atoms in total. The van der Waals surface area contributed by atoms with Crippen LogP contribution in [0, 0.1) is 11.8 Å². The second kappa shape index (κ2) is 21.2. The fourth-order valence-electron chi connectivity index (χ4n) is 4.92. The summed E-state index contributed by atoms with van der Waals surface area (Å²) in [7, 11) is 1.26. The molecule has 0 spiro atoms. The molecule has 47 heavy (non-hydrogen) atoms. The zero-order valence-electron chi connectivity index (χ0n) is 27.7. The van der Waals surface area contributed by atoms with E-state index in [1.807, 2.05) is 32.0 Å². The van der Waals surface area contributed by atoms with Gasteiger partial charge in [0.2, 0.25) is 17.7 Å². The lowest BCUT2D eigenvalue weighted by molar-refractivity contribution is -0.137. The zero-order valence-corrected chi connectivity index (χ0v) is 27.7. The molecule has 1 aromatic rings. The van der Waals surface area contributed by atoms with Gasteiger partial charge in [0.15, 0.2) is 0 Å². The number of carbonyl (C=O) groups is 6. The summed E-state index contributed by atoms with van der Waals surface area (Å²) in [4.78, 5) is 75.5. The highest BCUT2D eigenvalue weighted by Crippen LogP contribution is 2.18. The van der Waals surface area contributed by atoms with Crippen LogP contribution in [0.1, 0.15) is 64.9 Å². The van der Waals surface area contributed by atoms with E-state index in [0.717, 1.165) is 5.56 Å². The van der Waals surface area contributed by atoms with Crippen molar-refractivity contribution in [3.05, 3.63) is 48.0 Å². The lowest BCUT2D eigenvalue weighted by Crippen LogP contribution is -2.55. The number of alkyl carbamates (subject to hydrolysis) is 2. The molecule has 0 bridgehead atoms. The molecule has 5 N–H and O–H groups in total. The van der Waals surface area contributed by atoms with E-state index in [0.29, 0.717) is 32.4 Å². The summed E-state index contributed by atoms with van der Waals surface area (Å²) < 4.78 is 14.9. The highest BCUT2D eigenvalue weighted by Gasteiger charge is 2.31. The summed E-state index contributed by atoms with van der Waals surface area (Å²) in [5.41, 5.74) is 0.771. The lowest BCUT2D eigenvalue weighted by atomic mass is 9.96. The number of amides is 5. The van der Waals surface area contributed by atoms with Gasteiger partial charge in [-0.1, -0.05) is 50.3 Å². The van der Waals surface area contributed by atoms with Crippen molar-refractivity contribution in [2.24, 2.45) is 11.8 Å². The Hall–Kier alpha value is -4.62. The first kappa shape index (κ1) is 38.6. The molecule has 4 atom stereocenters. The Kier molecular flexibility index (Phi) is 17.4. The Morgan fingerprint density at radius 2 is 1.68 bits per heavy atom. The third kappa shape index (κ3) is 15.5. The number of rotatable bonds is 19. The molecule has 260 valence electrons. The monoisotopic (exact) mass is 659 g/mol. The number of hydrogen-bond acceptors (Lipinski definition) is 9. The number of unbranched alkanes of at least 4 members (excludes halogenated alkanes) is 1. The molecule has 1 fully saturated rings. The molecule has 1 aromatic carbocycles. The molecule has 1 heterocycles. The molecule has 14 heteroatoms. The molecule has 1 aliphatic rings. The summed E-state index contributed by atoms with van der Waals surface area (Å²) >= 11 is 0. The molecule has 0 unspecified atom stereocenters. The van der Waals surface area contributed by atoms with Crippen LogP contribution in [-0.2, 0) is 40.0 Å². The molecule has 1 aliphatic heterocycles. The predicted octanol–water partition coefficient (Wildman–Crippen LogP) is 2.47. The number of esters is 1. The first-order valence-corrected chi connectivity index (χ1v) is 16.0. The number of methoxy groups -OCH3 is 1. The average molecular weight is 660 g/mol. The molecular formula is C33H49N5O9. The Balaban J connectivity index is 2.15. The van der Waals surface area contributed by atoms with Gasteiger partial charge >= 0.3 is 18.2 Å². The number of nitrogens with one attached hydrogen (secondary N) is 5. The minimum Gasteiger partial charge on any atom is -0.463 e. The van der Waals surface area contributed by atoms with Crippen molar-refractivity contribution in [3.63, 3.8) is 0 Å². The maximum Gasteiger partial charge on any atom is 0.408 e. The van der Waals surface area contributed by atoms with Crippen LogP contribution in [0.4, 0.5) is 9.59 Å². The topological polar surface area (TPSA) is 190 Å². The van der Waals surface area contributed by atoms with Crippen LogP contribution in [-0.4, -0.2) is 80.8 Å². The standard InChI is InChI=1S/C33H49N5O9/c1-5-46-28(39)15-14-25(20-24-16-18-34-29(24)40)36-31(42)27(19-22(2)3)37-30(41)26(13-9-10-17-35-32(43)45-4)38-33(44)47-21-23-11-7-6-8-12-23/h6-8,11-12,14-15,22,24-27H,5,9-10,13,16-21H2,1-4H3,(H,34,40)(H,35,43)(H,36,42)(H,37,41)(H,38,44)/b15-14+/t24-,25+,26+,27+/m0/s1. The van der Waals surface area contributed by atoms with Crippen LogP contribution in [0.3, 0.4) is 0 Å². The minimum atomic E-state index is -1.04. The van der Waals surface area contributed by atoms with Gasteiger partial charge in [-0.2, -0.15) is 0 Å². The fraction of sp³-hybridized carbons (Fsp3) is 0.576. The van der Waals surface area contributed by atoms with Gasteiger partial charge in [0.1, 0.15) is 18.7 Å². The second-order valence-electron chi connectivity index (χ2n) is 11.6. The van der Waals surface area contributed by atoms with Crippen LogP contribution in [0.15, 0.2) is 42.5 Å². The van der Waals surface area contributed by atoms with E-state index in [4.69, 9.17) is 9.47 Å². The van der Waals surface area contributed by atoms with Gasteiger partial charge in [-0.25, -0.2) is 14.4 Å². The molecule has 0 radical (unpaired) electrons. The first-order valence-electron chi connectivity index (χ1n) is 16.0. The predicted molar refractivity (Wildman–Crippen MR) is 173 cm³/mol. The summed E-state index contributed by atoms with van der Waals surface area (Å²) in [6.07, 6.45) is 3.61. The van der Waals surface area contributed by atoms with Crippen LogP contribution in [0.25, 0.3) is 0 Å². The molecule has 5 amide bonds. The van der Waals surface area contributed by atoms with Gasteiger partial charge in [-0.15, -0.1) is 0 Å². The summed E-state index contributed by atoms with van der Waals surface area (Å²) in [6, 6.07) is 6.36. The number of hydrogen-bond donors (Lipinski definition) is 5. The average Bonchev–Trinajstić information content (AvgIpc) is 3.45. The van der Waals surface area contributed by atoms with Crippen LogP contribution in [0.5, 0.6) is 0 Å². The van der Waals surface area contributed by atoms with Gasteiger partial charge < -0.3 is 40.8 Å². The van der Waals surface area contributed by atoms with Gasteiger partial charge in [0, 0.05) is 31.1 Å². The van der Waals surface area contributed by atoms with Crippen molar-refractivity contribution >= 4 is 35.9 Å². The van der Waals surface area contributed by atoms with Crippen molar-refractivity contribution in [3.8, 4) is 0 Å². The second-order valence-corrected chi connectivity index (χ2v) is 11.6. The molecule has 1 saturated heterocycles. The van der Waals surface area contributed by atoms with Crippen LogP contribution in [0.2, 0.25) is 0 Å². The maximum atomic E-state index is 13.6. The van der Waals surface area contributed by atoms with E-state index < -0.39 is 48.1 Å². The minimum absolute atomic E-state index is 0.00215. The van der Waals surface area contributed by atoms with Gasteiger partial charge in [0.25, 0.3) is 0 Å². The zero-order chi connectivity index (χ0) is 34.6. The van der Waals surface area contributed by atoms with E-state index >= 15 is 0 Å². The highest BCUT2D eigenvalue weighted by molar-refractivity contribution is 5.91. The summed E-state index contributed by atoms with van der Waals surface area (Å²) in [5, 5.41) is 13.6. The van der Waals surface area contributed by atoms with E-state index in [-0.39, 0.29) is 50.2 Å². The van der Waals surface area contributed by atoms with E-state index in [1.54, 1.807) is 19.1 Å².